The van der Waals surface area contributed by atoms with Crippen molar-refractivity contribution in [1.29, 1.82) is 0 Å². The Morgan fingerprint density at radius 2 is 0.864 bits per heavy atom. The van der Waals surface area contributed by atoms with Gasteiger partial charge in [-0.05, 0) is 22.3 Å². The summed E-state index contributed by atoms with van der Waals surface area (Å²) in [4.78, 5) is 1.77. The molecule has 0 amide bonds. The predicted molar refractivity (Wildman–Crippen MR) is 103 cm³/mol. The molecule has 0 bridgehead atoms. The number of hydrogen-bond donors (Lipinski definition) is 2. The Kier molecular flexibility index (Phi) is 4.71. The van der Waals surface area contributed by atoms with E-state index < -0.39 is 0 Å². The summed E-state index contributed by atoms with van der Waals surface area (Å²) in [5, 5.41) is 0. The molecule has 0 heterocycles. The van der Waals surface area contributed by atoms with E-state index in [0.717, 1.165) is 20.9 Å². The van der Waals surface area contributed by atoms with Gasteiger partial charge >= 0.3 is 0 Å². The van der Waals surface area contributed by atoms with E-state index in [1.165, 1.54) is 11.1 Å². The average Bonchev–Trinajstić information content (AvgIpc) is 2.62. The van der Waals surface area contributed by atoms with Crippen LogP contribution in [0.1, 0.15) is 11.1 Å². The average molecular weight is 320 g/mol. The van der Waals surface area contributed by atoms with Crippen LogP contribution in [0, 0.1) is 0 Å². The molecule has 0 N–H and O–H groups in total. The molecule has 0 nitrogen and oxygen atoms in total. The molecular weight excluding hydrogens is 304 g/mol. The zero-order chi connectivity index (χ0) is 15.4. The van der Waals surface area contributed by atoms with Crippen LogP contribution in [-0.4, -0.2) is 0 Å². The van der Waals surface area contributed by atoms with Gasteiger partial charge in [-0.25, -0.2) is 0 Å². The van der Waals surface area contributed by atoms with Crippen molar-refractivity contribution in [2.75, 3.05) is 0 Å². The highest BCUT2D eigenvalue weighted by atomic mass is 32.1. The van der Waals surface area contributed by atoms with E-state index in [0.29, 0.717) is 0 Å². The molecule has 0 aliphatic heterocycles. The van der Waals surface area contributed by atoms with Crippen molar-refractivity contribution in [3.63, 3.8) is 0 Å². The van der Waals surface area contributed by atoms with E-state index in [-0.39, 0.29) is 0 Å². The van der Waals surface area contributed by atoms with Gasteiger partial charge in [0.25, 0.3) is 0 Å². The second-order valence-corrected chi connectivity index (χ2v) is 5.90. The fraction of sp³-hybridized carbons (Fsp3) is 0. The van der Waals surface area contributed by atoms with Crippen LogP contribution in [0.25, 0.3) is 20.9 Å². The minimum atomic E-state index is 0.883. The van der Waals surface area contributed by atoms with Crippen molar-refractivity contribution >= 4 is 35.1 Å². The molecule has 3 aromatic carbocycles. The van der Waals surface area contributed by atoms with Gasteiger partial charge < -0.3 is 0 Å². The molecule has 0 aliphatic rings. The van der Waals surface area contributed by atoms with Crippen LogP contribution in [-0.2, 0) is 0 Å². The van der Waals surface area contributed by atoms with Crippen LogP contribution < -0.4 is 0 Å². The topological polar surface area (TPSA) is 0 Å². The normalized spacial score (nSPS) is 11.9. The molecule has 3 aromatic rings. The maximum Gasteiger partial charge on any atom is 0.0253 e. The van der Waals surface area contributed by atoms with Crippen LogP contribution >= 0.6 is 25.3 Å². The van der Waals surface area contributed by atoms with E-state index in [2.05, 4.69) is 73.8 Å². The molecule has 0 radical (unpaired) electrons. The molecule has 0 spiro atoms. The van der Waals surface area contributed by atoms with Crippen molar-refractivity contribution in [2.45, 2.75) is 0 Å². The molecule has 0 aliphatic carbocycles. The molecular formula is C20H16S2. The van der Waals surface area contributed by atoms with Crippen molar-refractivity contribution in [1.82, 2.24) is 0 Å². The smallest absolute Gasteiger partial charge is 0.0253 e. The van der Waals surface area contributed by atoms with Gasteiger partial charge in [-0.1, -0.05) is 84.9 Å². The highest BCUT2D eigenvalue weighted by Crippen LogP contribution is 2.32. The van der Waals surface area contributed by atoms with Gasteiger partial charge in [0.1, 0.15) is 0 Å². The summed E-state index contributed by atoms with van der Waals surface area (Å²) in [5.74, 6) is 0. The number of rotatable bonds is 3. The molecule has 0 atom stereocenters. The highest BCUT2D eigenvalue weighted by molar-refractivity contribution is 7.96. The van der Waals surface area contributed by atoms with Crippen LogP contribution in [0.2, 0.25) is 0 Å². The summed E-state index contributed by atoms with van der Waals surface area (Å²) >= 11 is 9.28. The second-order valence-electron chi connectivity index (χ2n) is 5.01. The Labute approximate surface area is 142 Å². The lowest BCUT2D eigenvalue weighted by molar-refractivity contribution is 1.59. The fourth-order valence-corrected chi connectivity index (χ4v) is 2.88. The molecule has 22 heavy (non-hydrogen) atoms. The lowest BCUT2D eigenvalue weighted by Gasteiger charge is -2.08. The maximum atomic E-state index is 4.65. The molecule has 0 aromatic heterocycles. The third-order valence-electron chi connectivity index (χ3n) is 3.54. The molecule has 0 unspecified atom stereocenters. The van der Waals surface area contributed by atoms with Crippen LogP contribution in [0.4, 0.5) is 0 Å². The summed E-state index contributed by atoms with van der Waals surface area (Å²) in [6.07, 6.45) is 0. The molecule has 3 rings (SSSR count). The minimum absolute atomic E-state index is 0.883. The number of benzene rings is 3. The van der Waals surface area contributed by atoms with Gasteiger partial charge in [-0.3, -0.25) is 0 Å². The Hall–Kier alpha value is -1.90. The molecule has 108 valence electrons. The van der Waals surface area contributed by atoms with Crippen molar-refractivity contribution in [2.24, 2.45) is 0 Å². The lowest BCUT2D eigenvalue weighted by atomic mass is 10.0. The summed E-state index contributed by atoms with van der Waals surface area (Å²) < 4.78 is 0. The van der Waals surface area contributed by atoms with Crippen molar-refractivity contribution in [3.8, 4) is 11.1 Å². The third-order valence-corrected chi connectivity index (χ3v) is 4.68. The van der Waals surface area contributed by atoms with Crippen molar-refractivity contribution in [3.05, 3.63) is 96.1 Å². The highest BCUT2D eigenvalue weighted by Gasteiger charge is 2.05. The number of thiol groups is 2. The molecule has 0 fully saturated rings. The zero-order valence-corrected chi connectivity index (χ0v) is 13.8. The first-order valence-electron chi connectivity index (χ1n) is 7.09. The predicted octanol–water partition coefficient (Wildman–Crippen LogP) is 6.04. The Bertz CT molecular complexity index is 773. The largest absolute Gasteiger partial charge is 0.142 e. The second kappa shape index (κ2) is 6.91. The van der Waals surface area contributed by atoms with Crippen molar-refractivity contribution < 1.29 is 0 Å². The monoisotopic (exact) mass is 320 g/mol. The van der Waals surface area contributed by atoms with E-state index in [4.69, 9.17) is 0 Å². The Balaban J connectivity index is 1.93. The summed E-state index contributed by atoms with van der Waals surface area (Å²) in [7, 11) is 0. The van der Waals surface area contributed by atoms with E-state index in [9.17, 15) is 0 Å². The summed E-state index contributed by atoms with van der Waals surface area (Å²) in [6, 6.07) is 28.8. The van der Waals surface area contributed by atoms with Crippen LogP contribution in [0.5, 0.6) is 0 Å². The first-order valence-corrected chi connectivity index (χ1v) is 7.98. The quantitative estimate of drug-likeness (QED) is 0.426. The number of hydrogen-bond acceptors (Lipinski definition) is 2. The first kappa shape index (κ1) is 15.0. The van der Waals surface area contributed by atoms with Crippen LogP contribution in [0.15, 0.2) is 84.9 Å². The SMILES string of the molecule is S/C(=C(\S)c1ccc(-c2ccccc2)cc1)c1ccccc1. The summed E-state index contributed by atoms with van der Waals surface area (Å²) in [6.45, 7) is 0. The minimum Gasteiger partial charge on any atom is -0.142 e. The van der Waals surface area contributed by atoms with Gasteiger partial charge in [0.15, 0.2) is 0 Å². The zero-order valence-electron chi connectivity index (χ0n) is 12.0. The fourth-order valence-electron chi connectivity index (χ4n) is 2.32. The van der Waals surface area contributed by atoms with Gasteiger partial charge in [0.05, 0.1) is 0 Å². The van der Waals surface area contributed by atoms with E-state index in [1.54, 1.807) is 0 Å². The van der Waals surface area contributed by atoms with E-state index in [1.807, 2.05) is 36.4 Å². The van der Waals surface area contributed by atoms with Gasteiger partial charge in [-0.15, -0.1) is 25.3 Å². The maximum absolute atomic E-state index is 4.65. The molecule has 0 saturated heterocycles. The van der Waals surface area contributed by atoms with E-state index >= 15 is 0 Å². The van der Waals surface area contributed by atoms with Gasteiger partial charge in [0, 0.05) is 9.81 Å². The Morgan fingerprint density at radius 1 is 0.455 bits per heavy atom. The van der Waals surface area contributed by atoms with Gasteiger partial charge in [-0.2, -0.15) is 0 Å². The third kappa shape index (κ3) is 3.29. The standard InChI is InChI=1S/C20H16S2/c21-19(17-9-5-2-6-10-17)20(22)18-13-11-16(12-14-18)15-7-3-1-4-8-15/h1-14,21-22H/b20-19-. The summed E-state index contributed by atoms with van der Waals surface area (Å²) in [5.41, 5.74) is 4.55. The Morgan fingerprint density at radius 3 is 1.41 bits per heavy atom. The lowest BCUT2D eigenvalue weighted by Crippen LogP contribution is -1.84. The first-order chi connectivity index (χ1) is 10.8. The van der Waals surface area contributed by atoms with Crippen LogP contribution in [0.3, 0.4) is 0 Å². The van der Waals surface area contributed by atoms with Gasteiger partial charge in [0.2, 0.25) is 0 Å². The molecule has 2 heteroatoms. The molecule has 0 saturated carbocycles.